The predicted molar refractivity (Wildman–Crippen MR) is 81.4 cm³/mol. The molecule has 0 saturated carbocycles. The average Bonchev–Trinajstić information content (AvgIpc) is 2.69. The van der Waals surface area contributed by atoms with Gasteiger partial charge in [0.25, 0.3) is 5.91 Å². The molecule has 110 valence electrons. The van der Waals surface area contributed by atoms with Crippen molar-refractivity contribution in [2.75, 3.05) is 5.32 Å². The van der Waals surface area contributed by atoms with Crippen molar-refractivity contribution in [3.63, 3.8) is 0 Å². The lowest BCUT2D eigenvalue weighted by atomic mass is 10.1. The van der Waals surface area contributed by atoms with Crippen LogP contribution in [0.5, 0.6) is 0 Å². The van der Waals surface area contributed by atoms with E-state index in [2.05, 4.69) is 10.3 Å². The Hall–Kier alpha value is -2.27. The van der Waals surface area contributed by atoms with E-state index in [1.54, 1.807) is 26.0 Å². The Balaban J connectivity index is 2.37. The summed E-state index contributed by atoms with van der Waals surface area (Å²) in [5.74, 6) is -1.48. The molecule has 0 fully saturated rings. The summed E-state index contributed by atoms with van der Waals surface area (Å²) in [6.07, 6.45) is 0. The number of benzene rings is 1. The fourth-order valence-electron chi connectivity index (χ4n) is 2.22. The summed E-state index contributed by atoms with van der Waals surface area (Å²) in [6.45, 7) is 5.15. The molecule has 1 amide bonds. The van der Waals surface area contributed by atoms with Gasteiger partial charge in [0.2, 0.25) is 0 Å². The van der Waals surface area contributed by atoms with Crippen LogP contribution in [0, 0.1) is 20.8 Å². The van der Waals surface area contributed by atoms with Crippen LogP contribution in [0.1, 0.15) is 37.7 Å². The molecule has 2 aromatic rings. The quantitative estimate of drug-likeness (QED) is 0.811. The Morgan fingerprint density at radius 3 is 2.48 bits per heavy atom. The van der Waals surface area contributed by atoms with E-state index in [4.69, 9.17) is 16.7 Å². The van der Waals surface area contributed by atoms with Crippen LogP contribution in [-0.2, 0) is 0 Å². The van der Waals surface area contributed by atoms with Gasteiger partial charge in [-0.15, -0.1) is 0 Å². The lowest BCUT2D eigenvalue weighted by Crippen LogP contribution is -2.14. The van der Waals surface area contributed by atoms with E-state index >= 15 is 0 Å². The van der Waals surface area contributed by atoms with Gasteiger partial charge in [0.1, 0.15) is 5.69 Å². The number of hydrogen-bond acceptors (Lipinski definition) is 2. The lowest BCUT2D eigenvalue weighted by Gasteiger charge is -2.09. The SMILES string of the molecule is Cc1ccc(Cl)c(NC(=O)c2c(C)[nH]c(C(=O)O)c2C)c1. The molecule has 1 aromatic heterocycles. The first-order valence-electron chi connectivity index (χ1n) is 6.31. The number of halogens is 1. The van der Waals surface area contributed by atoms with Gasteiger partial charge in [-0.05, 0) is 44.0 Å². The van der Waals surface area contributed by atoms with Crippen molar-refractivity contribution in [2.24, 2.45) is 0 Å². The summed E-state index contributed by atoms with van der Waals surface area (Å²) in [6, 6.07) is 5.30. The van der Waals surface area contributed by atoms with Crippen LogP contribution in [0.25, 0.3) is 0 Å². The highest BCUT2D eigenvalue weighted by molar-refractivity contribution is 6.34. The van der Waals surface area contributed by atoms with Crippen molar-refractivity contribution in [2.45, 2.75) is 20.8 Å². The van der Waals surface area contributed by atoms with E-state index < -0.39 is 5.97 Å². The maximum absolute atomic E-state index is 12.4. The Morgan fingerprint density at radius 2 is 1.90 bits per heavy atom. The van der Waals surface area contributed by atoms with Crippen molar-refractivity contribution in [1.82, 2.24) is 4.98 Å². The maximum Gasteiger partial charge on any atom is 0.352 e. The predicted octanol–water partition coefficient (Wildman–Crippen LogP) is 3.54. The summed E-state index contributed by atoms with van der Waals surface area (Å²) in [5.41, 5.74) is 2.72. The number of aromatic carboxylic acids is 1. The second-order valence-corrected chi connectivity index (χ2v) is 5.27. The highest BCUT2D eigenvalue weighted by Crippen LogP contribution is 2.25. The molecular weight excluding hydrogens is 292 g/mol. The molecule has 6 heteroatoms. The Morgan fingerprint density at radius 1 is 1.24 bits per heavy atom. The summed E-state index contributed by atoms with van der Waals surface area (Å²) >= 11 is 6.05. The summed E-state index contributed by atoms with van der Waals surface area (Å²) in [7, 11) is 0. The maximum atomic E-state index is 12.4. The van der Waals surface area contributed by atoms with Crippen molar-refractivity contribution in [1.29, 1.82) is 0 Å². The van der Waals surface area contributed by atoms with Crippen LogP contribution in [0.2, 0.25) is 5.02 Å². The molecular formula is C15H15ClN2O3. The fourth-order valence-corrected chi connectivity index (χ4v) is 2.39. The van der Waals surface area contributed by atoms with Crippen molar-refractivity contribution >= 4 is 29.2 Å². The fraction of sp³-hybridized carbons (Fsp3) is 0.200. The molecule has 0 atom stereocenters. The first-order chi connectivity index (χ1) is 9.81. The van der Waals surface area contributed by atoms with Crippen LogP contribution >= 0.6 is 11.6 Å². The number of anilines is 1. The molecule has 0 aliphatic heterocycles. The minimum Gasteiger partial charge on any atom is -0.477 e. The summed E-state index contributed by atoms with van der Waals surface area (Å²) in [5, 5.41) is 12.2. The second-order valence-electron chi connectivity index (χ2n) is 4.87. The number of nitrogens with one attached hydrogen (secondary N) is 2. The van der Waals surface area contributed by atoms with Gasteiger partial charge in [0.05, 0.1) is 16.3 Å². The van der Waals surface area contributed by atoms with Gasteiger partial charge >= 0.3 is 5.97 Å². The molecule has 3 N–H and O–H groups in total. The normalized spacial score (nSPS) is 10.5. The zero-order valence-electron chi connectivity index (χ0n) is 11.9. The number of H-pyrrole nitrogens is 1. The van der Waals surface area contributed by atoms with Crippen LogP contribution in [0.15, 0.2) is 18.2 Å². The molecule has 1 heterocycles. The van der Waals surface area contributed by atoms with E-state index in [0.717, 1.165) is 5.56 Å². The third-order valence-corrected chi connectivity index (χ3v) is 3.58. The Bertz CT molecular complexity index is 735. The highest BCUT2D eigenvalue weighted by atomic mass is 35.5. The van der Waals surface area contributed by atoms with E-state index in [-0.39, 0.29) is 11.6 Å². The Labute approximate surface area is 126 Å². The van der Waals surface area contributed by atoms with E-state index in [1.165, 1.54) is 0 Å². The number of carbonyl (C=O) groups is 2. The monoisotopic (exact) mass is 306 g/mol. The molecule has 0 saturated heterocycles. The lowest BCUT2D eigenvalue weighted by molar-refractivity contribution is 0.0690. The highest BCUT2D eigenvalue weighted by Gasteiger charge is 2.22. The number of carboxylic acid groups (broad SMARTS) is 1. The number of amides is 1. The van der Waals surface area contributed by atoms with E-state index in [1.807, 2.05) is 13.0 Å². The molecule has 5 nitrogen and oxygen atoms in total. The molecule has 0 spiro atoms. The van der Waals surface area contributed by atoms with Crippen molar-refractivity contribution < 1.29 is 14.7 Å². The van der Waals surface area contributed by atoms with Gasteiger partial charge < -0.3 is 15.4 Å². The van der Waals surface area contributed by atoms with Crippen LogP contribution < -0.4 is 5.32 Å². The Kier molecular flexibility index (Phi) is 4.04. The van der Waals surface area contributed by atoms with Crippen LogP contribution in [-0.4, -0.2) is 22.0 Å². The molecule has 1 aromatic carbocycles. The van der Waals surface area contributed by atoms with Gasteiger partial charge in [0, 0.05) is 5.69 Å². The van der Waals surface area contributed by atoms with Gasteiger partial charge in [-0.2, -0.15) is 0 Å². The third-order valence-electron chi connectivity index (χ3n) is 3.25. The number of aryl methyl sites for hydroxylation is 2. The molecule has 0 aliphatic rings. The number of aromatic amines is 1. The molecule has 0 radical (unpaired) electrons. The molecule has 21 heavy (non-hydrogen) atoms. The average molecular weight is 307 g/mol. The van der Waals surface area contributed by atoms with E-state index in [0.29, 0.717) is 27.5 Å². The molecule has 0 aliphatic carbocycles. The number of carboxylic acids is 1. The van der Waals surface area contributed by atoms with Crippen LogP contribution in [0.4, 0.5) is 5.69 Å². The van der Waals surface area contributed by atoms with E-state index in [9.17, 15) is 9.59 Å². The first-order valence-corrected chi connectivity index (χ1v) is 6.69. The molecule has 0 unspecified atom stereocenters. The number of aromatic nitrogens is 1. The molecule has 2 rings (SSSR count). The van der Waals surface area contributed by atoms with Gasteiger partial charge in [0.15, 0.2) is 0 Å². The largest absolute Gasteiger partial charge is 0.477 e. The minimum absolute atomic E-state index is 0.0213. The first kappa shape index (κ1) is 15.1. The van der Waals surface area contributed by atoms with Gasteiger partial charge in [-0.25, -0.2) is 4.79 Å². The summed E-state index contributed by atoms with van der Waals surface area (Å²) < 4.78 is 0. The number of rotatable bonds is 3. The standard InChI is InChI=1S/C15H15ClN2O3/c1-7-4-5-10(16)11(6-7)18-14(19)12-8(2)13(15(20)21)17-9(12)3/h4-6,17H,1-3H3,(H,18,19)(H,20,21). The van der Waals surface area contributed by atoms with Crippen LogP contribution in [0.3, 0.4) is 0 Å². The smallest absolute Gasteiger partial charge is 0.352 e. The zero-order valence-corrected chi connectivity index (χ0v) is 12.6. The summed E-state index contributed by atoms with van der Waals surface area (Å²) in [4.78, 5) is 26.2. The van der Waals surface area contributed by atoms with Gasteiger partial charge in [-0.1, -0.05) is 17.7 Å². The van der Waals surface area contributed by atoms with Gasteiger partial charge in [-0.3, -0.25) is 4.79 Å². The van der Waals surface area contributed by atoms with Crippen molar-refractivity contribution in [3.8, 4) is 0 Å². The van der Waals surface area contributed by atoms with Crippen molar-refractivity contribution in [3.05, 3.63) is 51.3 Å². The minimum atomic E-state index is -1.09. The molecule has 0 bridgehead atoms. The second kappa shape index (κ2) is 5.61. The number of hydrogen-bond donors (Lipinski definition) is 3. The zero-order chi connectivity index (χ0) is 15.7. The topological polar surface area (TPSA) is 82.2 Å². The third kappa shape index (κ3) is 2.92. The number of carbonyl (C=O) groups excluding carboxylic acids is 1.